The molecule has 3 nitrogen and oxygen atoms in total. The summed E-state index contributed by atoms with van der Waals surface area (Å²) in [5.74, 6) is -1.21. The van der Waals surface area contributed by atoms with Crippen LogP contribution in [0.5, 0.6) is 0 Å². The van der Waals surface area contributed by atoms with E-state index in [1.165, 1.54) is 11.3 Å². The van der Waals surface area contributed by atoms with Gasteiger partial charge in [0.2, 0.25) is 0 Å². The summed E-state index contributed by atoms with van der Waals surface area (Å²) in [7, 11) is 0. The maximum Gasteiger partial charge on any atom is 0.338 e. The van der Waals surface area contributed by atoms with Crippen molar-refractivity contribution in [3.8, 4) is 9.75 Å². The largest absolute Gasteiger partial charge is 0.479 e. The summed E-state index contributed by atoms with van der Waals surface area (Å²) >= 11 is 2.90. The summed E-state index contributed by atoms with van der Waals surface area (Å²) in [6.07, 6.45) is -1.41. The molecular formula is C10H8O3S2. The van der Waals surface area contributed by atoms with E-state index in [0.29, 0.717) is 4.88 Å². The quantitative estimate of drug-likeness (QED) is 0.867. The van der Waals surface area contributed by atoms with Crippen LogP contribution in [0, 0.1) is 0 Å². The van der Waals surface area contributed by atoms with Crippen molar-refractivity contribution in [2.45, 2.75) is 6.10 Å². The van der Waals surface area contributed by atoms with Crippen molar-refractivity contribution >= 4 is 28.6 Å². The predicted molar refractivity (Wildman–Crippen MR) is 60.2 cm³/mol. The first-order valence-corrected chi connectivity index (χ1v) is 5.92. The van der Waals surface area contributed by atoms with Crippen LogP contribution in [0.1, 0.15) is 11.0 Å². The minimum atomic E-state index is -1.41. The number of aliphatic carboxylic acids is 1. The molecule has 0 spiro atoms. The van der Waals surface area contributed by atoms with Gasteiger partial charge in [-0.3, -0.25) is 0 Å². The molecule has 2 N–H and O–H groups in total. The third-order valence-electron chi connectivity index (χ3n) is 1.89. The molecule has 1 unspecified atom stereocenters. The topological polar surface area (TPSA) is 57.5 Å². The van der Waals surface area contributed by atoms with Crippen LogP contribution in [-0.2, 0) is 4.79 Å². The van der Waals surface area contributed by atoms with Gasteiger partial charge in [-0.05, 0) is 23.6 Å². The Kier molecular flexibility index (Phi) is 2.86. The molecule has 2 rings (SSSR count). The van der Waals surface area contributed by atoms with Crippen molar-refractivity contribution in [1.82, 2.24) is 0 Å². The maximum absolute atomic E-state index is 10.6. The molecule has 0 radical (unpaired) electrons. The number of rotatable bonds is 3. The molecule has 0 saturated heterocycles. The Morgan fingerprint density at radius 2 is 2.07 bits per heavy atom. The second-order valence-corrected chi connectivity index (χ2v) is 4.98. The summed E-state index contributed by atoms with van der Waals surface area (Å²) in [6.45, 7) is 0. The molecule has 0 aromatic carbocycles. The zero-order chi connectivity index (χ0) is 10.8. The number of hydrogen-bond acceptors (Lipinski definition) is 4. The SMILES string of the molecule is O=C(O)C(O)c1ccc(-c2cccs2)s1. The maximum atomic E-state index is 10.6. The molecule has 0 aliphatic rings. The molecule has 5 heteroatoms. The van der Waals surface area contributed by atoms with Crippen molar-refractivity contribution in [3.63, 3.8) is 0 Å². The molecule has 0 aliphatic carbocycles. The Balaban J connectivity index is 2.28. The lowest BCUT2D eigenvalue weighted by molar-refractivity contribution is -0.146. The Morgan fingerprint density at radius 3 is 2.67 bits per heavy atom. The fourth-order valence-electron chi connectivity index (χ4n) is 1.17. The Hall–Kier alpha value is -1.17. The van der Waals surface area contributed by atoms with Gasteiger partial charge < -0.3 is 10.2 Å². The Morgan fingerprint density at radius 1 is 1.27 bits per heavy atom. The van der Waals surface area contributed by atoms with E-state index < -0.39 is 12.1 Å². The van der Waals surface area contributed by atoms with Gasteiger partial charge in [0.15, 0.2) is 6.10 Å². The molecule has 1 atom stereocenters. The van der Waals surface area contributed by atoms with Crippen LogP contribution in [0.4, 0.5) is 0 Å². The van der Waals surface area contributed by atoms with E-state index in [-0.39, 0.29) is 0 Å². The normalized spacial score (nSPS) is 12.6. The van der Waals surface area contributed by atoms with E-state index in [0.717, 1.165) is 9.75 Å². The number of carboxylic acids is 1. The highest BCUT2D eigenvalue weighted by atomic mass is 32.1. The third kappa shape index (κ3) is 2.09. The van der Waals surface area contributed by atoms with Gasteiger partial charge in [0.1, 0.15) is 0 Å². The van der Waals surface area contributed by atoms with E-state index >= 15 is 0 Å². The number of carboxylic acid groups (broad SMARTS) is 1. The summed E-state index contributed by atoms with van der Waals surface area (Å²) in [4.78, 5) is 13.1. The zero-order valence-electron chi connectivity index (χ0n) is 7.58. The molecule has 2 aromatic rings. The Bertz CT molecular complexity index is 459. The molecular weight excluding hydrogens is 232 g/mol. The first-order chi connectivity index (χ1) is 7.18. The van der Waals surface area contributed by atoms with Gasteiger partial charge in [-0.2, -0.15) is 0 Å². The lowest BCUT2D eigenvalue weighted by Gasteiger charge is -1.99. The van der Waals surface area contributed by atoms with E-state index in [2.05, 4.69) is 0 Å². The Labute approximate surface area is 94.2 Å². The zero-order valence-corrected chi connectivity index (χ0v) is 9.22. The van der Waals surface area contributed by atoms with Gasteiger partial charge in [0, 0.05) is 14.6 Å². The number of thiophene rings is 2. The lowest BCUT2D eigenvalue weighted by Crippen LogP contribution is -2.08. The van der Waals surface area contributed by atoms with Crippen molar-refractivity contribution in [1.29, 1.82) is 0 Å². The van der Waals surface area contributed by atoms with Gasteiger partial charge in [-0.1, -0.05) is 6.07 Å². The van der Waals surface area contributed by atoms with Crippen LogP contribution in [0.2, 0.25) is 0 Å². The van der Waals surface area contributed by atoms with E-state index in [4.69, 9.17) is 5.11 Å². The molecule has 2 aromatic heterocycles. The average molecular weight is 240 g/mol. The minimum Gasteiger partial charge on any atom is -0.479 e. The number of aliphatic hydroxyl groups is 1. The first-order valence-electron chi connectivity index (χ1n) is 4.23. The second-order valence-electron chi connectivity index (χ2n) is 2.92. The van der Waals surface area contributed by atoms with Crippen LogP contribution < -0.4 is 0 Å². The highest BCUT2D eigenvalue weighted by molar-refractivity contribution is 7.21. The highest BCUT2D eigenvalue weighted by Gasteiger charge is 2.18. The third-order valence-corrected chi connectivity index (χ3v) is 4.10. The van der Waals surface area contributed by atoms with Gasteiger partial charge >= 0.3 is 5.97 Å². The van der Waals surface area contributed by atoms with Crippen LogP contribution in [0.3, 0.4) is 0 Å². The monoisotopic (exact) mass is 240 g/mol. The smallest absolute Gasteiger partial charge is 0.338 e. The molecule has 0 amide bonds. The second kappa shape index (κ2) is 4.14. The summed E-state index contributed by atoms with van der Waals surface area (Å²) in [5, 5.41) is 19.9. The van der Waals surface area contributed by atoms with Crippen molar-refractivity contribution < 1.29 is 15.0 Å². The van der Waals surface area contributed by atoms with E-state index in [1.54, 1.807) is 17.4 Å². The molecule has 2 heterocycles. The summed E-state index contributed by atoms with van der Waals surface area (Å²) in [5.41, 5.74) is 0. The molecule has 15 heavy (non-hydrogen) atoms. The first kappa shape index (κ1) is 10.4. The van der Waals surface area contributed by atoms with Crippen molar-refractivity contribution in [3.05, 3.63) is 34.5 Å². The number of aliphatic hydroxyl groups excluding tert-OH is 1. The van der Waals surface area contributed by atoms with Gasteiger partial charge in [0.05, 0.1) is 0 Å². The standard InChI is InChI=1S/C10H8O3S2/c11-9(10(12)13)8-4-3-7(15-8)6-2-1-5-14-6/h1-5,9,11H,(H,12,13). The minimum absolute atomic E-state index is 0.464. The van der Waals surface area contributed by atoms with Gasteiger partial charge in [0.25, 0.3) is 0 Å². The predicted octanol–water partition coefficient (Wildman–Crippen LogP) is 2.59. The molecule has 78 valence electrons. The molecule has 0 aliphatic heterocycles. The fraction of sp³-hybridized carbons (Fsp3) is 0.100. The van der Waals surface area contributed by atoms with Crippen molar-refractivity contribution in [2.75, 3.05) is 0 Å². The lowest BCUT2D eigenvalue weighted by atomic mass is 10.3. The van der Waals surface area contributed by atoms with Crippen LogP contribution in [-0.4, -0.2) is 16.2 Å². The average Bonchev–Trinajstić information content (AvgIpc) is 2.86. The molecule has 0 fully saturated rings. The van der Waals surface area contributed by atoms with Crippen LogP contribution in [0.25, 0.3) is 9.75 Å². The fourth-order valence-corrected chi connectivity index (χ4v) is 2.99. The van der Waals surface area contributed by atoms with Gasteiger partial charge in [-0.15, -0.1) is 22.7 Å². The molecule has 0 saturated carbocycles. The molecule has 0 bridgehead atoms. The van der Waals surface area contributed by atoms with Gasteiger partial charge in [-0.25, -0.2) is 4.79 Å². The summed E-state index contributed by atoms with van der Waals surface area (Å²) < 4.78 is 0. The number of carbonyl (C=O) groups is 1. The summed E-state index contributed by atoms with van der Waals surface area (Å²) in [6, 6.07) is 7.39. The van der Waals surface area contributed by atoms with Crippen LogP contribution in [0.15, 0.2) is 29.6 Å². The highest BCUT2D eigenvalue weighted by Crippen LogP contribution is 2.33. The van der Waals surface area contributed by atoms with E-state index in [9.17, 15) is 9.90 Å². The number of hydrogen-bond donors (Lipinski definition) is 2. The van der Waals surface area contributed by atoms with Crippen LogP contribution >= 0.6 is 22.7 Å². The van der Waals surface area contributed by atoms with E-state index in [1.807, 2.05) is 23.6 Å². The van der Waals surface area contributed by atoms with Crippen molar-refractivity contribution in [2.24, 2.45) is 0 Å².